The van der Waals surface area contributed by atoms with E-state index < -0.39 is 0 Å². The van der Waals surface area contributed by atoms with E-state index in [4.69, 9.17) is 4.74 Å². The molecular weight excluding hydrogens is 238 g/mol. The molecule has 0 aromatic carbocycles. The number of pyridine rings is 1. The molecule has 3 heteroatoms. The van der Waals surface area contributed by atoms with E-state index in [1.54, 1.807) is 6.20 Å². The molecule has 0 spiro atoms. The quantitative estimate of drug-likeness (QED) is 0.868. The minimum Gasteiger partial charge on any atom is -0.370 e. The minimum atomic E-state index is -0.0218. The van der Waals surface area contributed by atoms with E-state index in [0.717, 1.165) is 18.4 Å². The molecule has 2 rings (SSSR count). The summed E-state index contributed by atoms with van der Waals surface area (Å²) in [5.74, 6) is 0.541. The minimum absolute atomic E-state index is 0.0186. The molecule has 0 amide bonds. The van der Waals surface area contributed by atoms with Gasteiger partial charge in [0.1, 0.15) is 0 Å². The summed E-state index contributed by atoms with van der Waals surface area (Å²) in [6.45, 7) is 12.3. The number of H-pyrrole nitrogens is 1. The Bertz CT molecular complexity index is 386. The smallest absolute Gasteiger partial charge is 0.253 e. The Morgan fingerprint density at radius 1 is 1.32 bits per heavy atom. The van der Waals surface area contributed by atoms with Gasteiger partial charge in [-0.25, -0.2) is 0 Å². The highest BCUT2D eigenvalue weighted by Gasteiger charge is 2.32. The maximum Gasteiger partial charge on any atom is 0.253 e. The fourth-order valence-corrected chi connectivity index (χ4v) is 2.28. The van der Waals surface area contributed by atoms with Crippen molar-refractivity contribution in [3.8, 4) is 0 Å². The van der Waals surface area contributed by atoms with Crippen molar-refractivity contribution in [2.45, 2.75) is 66.6 Å². The second kappa shape index (κ2) is 9.79. The summed E-state index contributed by atoms with van der Waals surface area (Å²) in [6.07, 6.45) is 3.90. The van der Waals surface area contributed by atoms with Crippen LogP contribution in [0.2, 0.25) is 0 Å². The van der Waals surface area contributed by atoms with Crippen molar-refractivity contribution >= 4 is 0 Å². The van der Waals surface area contributed by atoms with Crippen LogP contribution in [-0.4, -0.2) is 11.1 Å². The van der Waals surface area contributed by atoms with Gasteiger partial charge in [-0.2, -0.15) is 0 Å². The number of rotatable bonds is 2. The molecule has 19 heavy (non-hydrogen) atoms. The average Bonchev–Trinajstić information content (AvgIpc) is 2.85. The molecule has 3 atom stereocenters. The van der Waals surface area contributed by atoms with Crippen molar-refractivity contribution < 1.29 is 4.74 Å². The molecule has 1 aliphatic heterocycles. The van der Waals surface area contributed by atoms with Crippen LogP contribution in [0, 0.1) is 5.92 Å². The standard InChI is InChI=1S/C12H17NO2.2C2H6/c1-3-10-8(2)7-11(15-10)9-5-4-6-13-12(9)14;2*1-2/h4-6,8,10-11H,3,7H2,1-2H3,(H,13,14);2*1-2H3. The second-order valence-corrected chi connectivity index (χ2v) is 4.24. The molecule has 1 N–H and O–H groups in total. The lowest BCUT2D eigenvalue weighted by atomic mass is 9.98. The highest BCUT2D eigenvalue weighted by atomic mass is 16.5. The van der Waals surface area contributed by atoms with Gasteiger partial charge in [-0.15, -0.1) is 0 Å². The predicted molar refractivity (Wildman–Crippen MR) is 81.4 cm³/mol. The largest absolute Gasteiger partial charge is 0.370 e. The van der Waals surface area contributed by atoms with Crippen LogP contribution >= 0.6 is 0 Å². The lowest BCUT2D eigenvalue weighted by Gasteiger charge is -2.12. The molecule has 1 aliphatic rings. The van der Waals surface area contributed by atoms with E-state index >= 15 is 0 Å². The van der Waals surface area contributed by atoms with Crippen LogP contribution in [0.15, 0.2) is 23.1 Å². The van der Waals surface area contributed by atoms with Gasteiger partial charge in [0, 0.05) is 11.8 Å². The van der Waals surface area contributed by atoms with Gasteiger partial charge in [-0.05, 0) is 30.9 Å². The summed E-state index contributed by atoms with van der Waals surface area (Å²) in [5, 5.41) is 0. The SMILES string of the molecule is CC.CC.CCC1OC(c2ccc[nH]c2=O)CC1C. The van der Waals surface area contributed by atoms with Crippen LogP contribution < -0.4 is 5.56 Å². The third kappa shape index (κ3) is 4.83. The number of hydrogen-bond donors (Lipinski definition) is 1. The molecule has 2 heterocycles. The van der Waals surface area contributed by atoms with E-state index in [0.29, 0.717) is 12.0 Å². The molecule has 110 valence electrons. The van der Waals surface area contributed by atoms with E-state index in [1.165, 1.54) is 0 Å². The third-order valence-corrected chi connectivity index (χ3v) is 3.16. The summed E-state index contributed by atoms with van der Waals surface area (Å²) in [5.41, 5.74) is 0.742. The highest BCUT2D eigenvalue weighted by molar-refractivity contribution is 5.14. The maximum absolute atomic E-state index is 11.6. The van der Waals surface area contributed by atoms with Crippen LogP contribution in [0.3, 0.4) is 0 Å². The van der Waals surface area contributed by atoms with Crippen molar-refractivity contribution in [1.82, 2.24) is 4.98 Å². The molecule has 0 radical (unpaired) electrons. The van der Waals surface area contributed by atoms with Crippen LogP contribution in [-0.2, 0) is 4.74 Å². The molecule has 0 bridgehead atoms. The summed E-state index contributed by atoms with van der Waals surface area (Å²) in [6, 6.07) is 3.71. The van der Waals surface area contributed by atoms with Crippen molar-refractivity contribution in [3.05, 3.63) is 34.2 Å². The van der Waals surface area contributed by atoms with Gasteiger partial charge < -0.3 is 9.72 Å². The second-order valence-electron chi connectivity index (χ2n) is 4.24. The molecular formula is C16H29NO2. The van der Waals surface area contributed by atoms with Crippen molar-refractivity contribution in [2.75, 3.05) is 0 Å². The first kappa shape index (κ1) is 17.9. The summed E-state index contributed by atoms with van der Waals surface area (Å²) in [4.78, 5) is 14.3. The Morgan fingerprint density at radius 3 is 2.42 bits per heavy atom. The summed E-state index contributed by atoms with van der Waals surface area (Å²) >= 11 is 0. The van der Waals surface area contributed by atoms with Gasteiger partial charge >= 0.3 is 0 Å². The summed E-state index contributed by atoms with van der Waals surface area (Å²) in [7, 11) is 0. The average molecular weight is 267 g/mol. The first-order chi connectivity index (χ1) is 9.22. The number of aromatic amines is 1. The monoisotopic (exact) mass is 267 g/mol. The van der Waals surface area contributed by atoms with Gasteiger partial charge in [0.2, 0.25) is 0 Å². The molecule has 1 aromatic heterocycles. The van der Waals surface area contributed by atoms with Crippen molar-refractivity contribution in [2.24, 2.45) is 5.92 Å². The van der Waals surface area contributed by atoms with Crippen LogP contribution in [0.5, 0.6) is 0 Å². The molecule has 3 unspecified atom stereocenters. The van der Waals surface area contributed by atoms with Crippen LogP contribution in [0.4, 0.5) is 0 Å². The van der Waals surface area contributed by atoms with E-state index in [9.17, 15) is 4.79 Å². The van der Waals surface area contributed by atoms with Crippen molar-refractivity contribution in [3.63, 3.8) is 0 Å². The Morgan fingerprint density at radius 2 is 1.95 bits per heavy atom. The van der Waals surface area contributed by atoms with Gasteiger partial charge in [0.25, 0.3) is 5.56 Å². The Labute approximate surface area is 117 Å². The predicted octanol–water partition coefficient (Wildman–Crippen LogP) is 4.30. The number of nitrogens with one attached hydrogen (secondary N) is 1. The van der Waals surface area contributed by atoms with Crippen LogP contribution in [0.1, 0.15) is 66.1 Å². The van der Waals surface area contributed by atoms with Gasteiger partial charge in [0.05, 0.1) is 12.2 Å². The Hall–Kier alpha value is -1.09. The highest BCUT2D eigenvalue weighted by Crippen LogP contribution is 2.36. The molecule has 1 aromatic rings. The number of aromatic nitrogens is 1. The third-order valence-electron chi connectivity index (χ3n) is 3.16. The Kier molecular flexibility index (Phi) is 9.23. The van der Waals surface area contributed by atoms with E-state index in [-0.39, 0.29) is 11.7 Å². The molecule has 1 saturated heterocycles. The van der Waals surface area contributed by atoms with Gasteiger partial charge in [-0.1, -0.05) is 41.5 Å². The zero-order valence-electron chi connectivity index (χ0n) is 13.2. The van der Waals surface area contributed by atoms with E-state index in [1.807, 2.05) is 39.8 Å². The Balaban J connectivity index is 0.000000741. The zero-order chi connectivity index (χ0) is 14.8. The van der Waals surface area contributed by atoms with Crippen molar-refractivity contribution in [1.29, 1.82) is 0 Å². The van der Waals surface area contributed by atoms with E-state index in [2.05, 4.69) is 18.8 Å². The van der Waals surface area contributed by atoms with Crippen LogP contribution in [0.25, 0.3) is 0 Å². The normalized spacial score (nSPS) is 24.8. The number of ether oxygens (including phenoxy) is 1. The fraction of sp³-hybridized carbons (Fsp3) is 0.688. The first-order valence-electron chi connectivity index (χ1n) is 7.55. The lowest BCUT2D eigenvalue weighted by Crippen LogP contribution is -2.16. The van der Waals surface area contributed by atoms with Gasteiger partial charge in [0.15, 0.2) is 0 Å². The summed E-state index contributed by atoms with van der Waals surface area (Å²) < 4.78 is 5.87. The van der Waals surface area contributed by atoms with Gasteiger partial charge in [-0.3, -0.25) is 4.79 Å². The first-order valence-corrected chi connectivity index (χ1v) is 7.55. The topological polar surface area (TPSA) is 42.1 Å². The maximum atomic E-state index is 11.6. The molecule has 1 fully saturated rings. The number of hydrogen-bond acceptors (Lipinski definition) is 2. The zero-order valence-corrected chi connectivity index (χ0v) is 13.2. The molecule has 3 nitrogen and oxygen atoms in total. The fourth-order valence-electron chi connectivity index (χ4n) is 2.28. The lowest BCUT2D eigenvalue weighted by molar-refractivity contribution is 0.0329. The molecule has 0 aliphatic carbocycles. The molecule has 0 saturated carbocycles.